The quantitative estimate of drug-likeness (QED) is 0.767. The standard InChI is InChI=1S/C13H26N2/c1-2-12-5-9-15(10-6-12)11-13-3-7-14-8-4-13/h12-14H,2-11H2,1H3. The Morgan fingerprint density at radius 1 is 1.00 bits per heavy atom. The summed E-state index contributed by atoms with van der Waals surface area (Å²) in [4.78, 5) is 2.71. The molecule has 0 unspecified atom stereocenters. The lowest BCUT2D eigenvalue weighted by molar-refractivity contribution is 0.147. The number of rotatable bonds is 3. The van der Waals surface area contributed by atoms with Crippen LogP contribution in [0.4, 0.5) is 0 Å². The highest BCUT2D eigenvalue weighted by molar-refractivity contribution is 4.76. The van der Waals surface area contributed by atoms with E-state index in [-0.39, 0.29) is 0 Å². The van der Waals surface area contributed by atoms with E-state index >= 15 is 0 Å². The van der Waals surface area contributed by atoms with Gasteiger partial charge < -0.3 is 10.2 Å². The van der Waals surface area contributed by atoms with E-state index in [0.29, 0.717) is 0 Å². The van der Waals surface area contributed by atoms with E-state index in [1.807, 2.05) is 0 Å². The summed E-state index contributed by atoms with van der Waals surface area (Å²) >= 11 is 0. The summed E-state index contributed by atoms with van der Waals surface area (Å²) in [6.07, 6.45) is 7.07. The third kappa shape index (κ3) is 3.46. The van der Waals surface area contributed by atoms with Gasteiger partial charge >= 0.3 is 0 Å². The Kier molecular flexibility index (Phi) is 4.45. The van der Waals surface area contributed by atoms with Crippen molar-refractivity contribution >= 4 is 0 Å². The first-order valence-electron chi connectivity index (χ1n) is 6.81. The molecule has 0 aliphatic carbocycles. The maximum Gasteiger partial charge on any atom is 0.00106 e. The molecule has 2 heterocycles. The molecule has 0 radical (unpaired) electrons. The van der Waals surface area contributed by atoms with Crippen LogP contribution in [0.5, 0.6) is 0 Å². The van der Waals surface area contributed by atoms with Gasteiger partial charge in [0.2, 0.25) is 0 Å². The van der Waals surface area contributed by atoms with Crippen molar-refractivity contribution in [2.75, 3.05) is 32.7 Å². The van der Waals surface area contributed by atoms with Crippen LogP contribution in [-0.4, -0.2) is 37.6 Å². The lowest BCUT2D eigenvalue weighted by Crippen LogP contribution is -2.40. The van der Waals surface area contributed by atoms with Crippen molar-refractivity contribution in [3.63, 3.8) is 0 Å². The van der Waals surface area contributed by atoms with Crippen LogP contribution in [0.3, 0.4) is 0 Å². The molecule has 0 atom stereocenters. The largest absolute Gasteiger partial charge is 0.317 e. The van der Waals surface area contributed by atoms with Gasteiger partial charge in [-0.1, -0.05) is 13.3 Å². The van der Waals surface area contributed by atoms with Crippen LogP contribution < -0.4 is 5.32 Å². The van der Waals surface area contributed by atoms with Crippen molar-refractivity contribution in [1.29, 1.82) is 0 Å². The van der Waals surface area contributed by atoms with Crippen LogP contribution in [0, 0.1) is 11.8 Å². The predicted octanol–water partition coefficient (Wildman–Crippen LogP) is 2.11. The van der Waals surface area contributed by atoms with E-state index in [4.69, 9.17) is 0 Å². The number of hydrogen-bond donors (Lipinski definition) is 1. The summed E-state index contributed by atoms with van der Waals surface area (Å²) in [5, 5.41) is 3.45. The molecule has 88 valence electrons. The van der Waals surface area contributed by atoms with Gasteiger partial charge in [-0.25, -0.2) is 0 Å². The second-order valence-corrected chi connectivity index (χ2v) is 5.35. The predicted molar refractivity (Wildman–Crippen MR) is 65.0 cm³/mol. The zero-order valence-corrected chi connectivity index (χ0v) is 10.2. The summed E-state index contributed by atoms with van der Waals surface area (Å²) < 4.78 is 0. The Hall–Kier alpha value is -0.0800. The van der Waals surface area contributed by atoms with Gasteiger partial charge in [0.25, 0.3) is 0 Å². The molecule has 0 saturated carbocycles. The molecule has 2 fully saturated rings. The highest BCUT2D eigenvalue weighted by Gasteiger charge is 2.21. The molecule has 0 aromatic rings. The zero-order chi connectivity index (χ0) is 10.5. The Morgan fingerprint density at radius 3 is 2.27 bits per heavy atom. The van der Waals surface area contributed by atoms with E-state index in [9.17, 15) is 0 Å². The van der Waals surface area contributed by atoms with Crippen molar-refractivity contribution < 1.29 is 0 Å². The molecule has 0 aromatic carbocycles. The normalized spacial score (nSPS) is 27.0. The first kappa shape index (κ1) is 11.4. The van der Waals surface area contributed by atoms with Crippen molar-refractivity contribution in [3.05, 3.63) is 0 Å². The number of piperidine rings is 2. The van der Waals surface area contributed by atoms with E-state index in [1.165, 1.54) is 64.8 Å². The summed E-state index contributed by atoms with van der Waals surface area (Å²) in [7, 11) is 0. The molecular weight excluding hydrogens is 184 g/mol. The Balaban J connectivity index is 1.67. The van der Waals surface area contributed by atoms with Crippen molar-refractivity contribution in [1.82, 2.24) is 10.2 Å². The van der Waals surface area contributed by atoms with Crippen LogP contribution in [0.1, 0.15) is 39.0 Å². The monoisotopic (exact) mass is 210 g/mol. The van der Waals surface area contributed by atoms with Gasteiger partial charge in [-0.3, -0.25) is 0 Å². The summed E-state index contributed by atoms with van der Waals surface area (Å²) in [6.45, 7) is 8.93. The van der Waals surface area contributed by atoms with Gasteiger partial charge in [0.05, 0.1) is 0 Å². The van der Waals surface area contributed by atoms with Crippen LogP contribution in [0.15, 0.2) is 0 Å². The van der Waals surface area contributed by atoms with Crippen molar-refractivity contribution in [3.8, 4) is 0 Å². The van der Waals surface area contributed by atoms with E-state index in [2.05, 4.69) is 17.1 Å². The first-order chi connectivity index (χ1) is 7.38. The minimum absolute atomic E-state index is 0.976. The molecule has 2 saturated heterocycles. The lowest BCUT2D eigenvalue weighted by atomic mass is 9.92. The van der Waals surface area contributed by atoms with Crippen LogP contribution in [-0.2, 0) is 0 Å². The minimum atomic E-state index is 0.976. The average molecular weight is 210 g/mol. The molecule has 2 aliphatic rings. The van der Waals surface area contributed by atoms with E-state index in [0.717, 1.165) is 11.8 Å². The van der Waals surface area contributed by atoms with Crippen molar-refractivity contribution in [2.24, 2.45) is 11.8 Å². The molecule has 15 heavy (non-hydrogen) atoms. The maximum atomic E-state index is 3.45. The minimum Gasteiger partial charge on any atom is -0.317 e. The zero-order valence-electron chi connectivity index (χ0n) is 10.2. The van der Waals surface area contributed by atoms with Crippen LogP contribution >= 0.6 is 0 Å². The first-order valence-corrected chi connectivity index (χ1v) is 6.81. The van der Waals surface area contributed by atoms with Crippen molar-refractivity contribution in [2.45, 2.75) is 39.0 Å². The summed E-state index contributed by atoms with van der Waals surface area (Å²) in [5.74, 6) is 2.00. The topological polar surface area (TPSA) is 15.3 Å². The lowest BCUT2D eigenvalue weighted by Gasteiger charge is -2.35. The number of nitrogens with one attached hydrogen (secondary N) is 1. The van der Waals surface area contributed by atoms with Crippen LogP contribution in [0.2, 0.25) is 0 Å². The Labute approximate surface area is 94.4 Å². The molecule has 1 N–H and O–H groups in total. The summed E-state index contributed by atoms with van der Waals surface area (Å²) in [6, 6.07) is 0. The fourth-order valence-corrected chi connectivity index (χ4v) is 3.01. The fraction of sp³-hybridized carbons (Fsp3) is 1.00. The van der Waals surface area contributed by atoms with Gasteiger partial charge in [0.15, 0.2) is 0 Å². The smallest absolute Gasteiger partial charge is 0.00106 e. The number of likely N-dealkylation sites (tertiary alicyclic amines) is 1. The fourth-order valence-electron chi connectivity index (χ4n) is 3.01. The SMILES string of the molecule is CCC1CCN(CC2CCNCC2)CC1. The molecule has 2 nitrogen and oxygen atoms in total. The molecule has 2 rings (SSSR count). The number of hydrogen-bond acceptors (Lipinski definition) is 2. The molecule has 0 amide bonds. The third-order valence-corrected chi connectivity index (χ3v) is 4.26. The maximum absolute atomic E-state index is 3.45. The van der Waals surface area contributed by atoms with Gasteiger partial charge in [0.1, 0.15) is 0 Å². The van der Waals surface area contributed by atoms with E-state index in [1.54, 1.807) is 0 Å². The van der Waals surface area contributed by atoms with Gasteiger partial charge in [-0.15, -0.1) is 0 Å². The molecule has 2 aliphatic heterocycles. The molecule has 0 bridgehead atoms. The van der Waals surface area contributed by atoms with Crippen LogP contribution in [0.25, 0.3) is 0 Å². The summed E-state index contributed by atoms with van der Waals surface area (Å²) in [5.41, 5.74) is 0. The highest BCUT2D eigenvalue weighted by atomic mass is 15.1. The van der Waals surface area contributed by atoms with Gasteiger partial charge in [0, 0.05) is 6.54 Å². The molecule has 2 heteroatoms. The second-order valence-electron chi connectivity index (χ2n) is 5.35. The van der Waals surface area contributed by atoms with Gasteiger partial charge in [-0.05, 0) is 63.7 Å². The van der Waals surface area contributed by atoms with Gasteiger partial charge in [-0.2, -0.15) is 0 Å². The second kappa shape index (κ2) is 5.86. The molecule has 0 spiro atoms. The average Bonchev–Trinajstić information content (AvgIpc) is 2.31. The Bertz CT molecular complexity index is 167. The Morgan fingerprint density at radius 2 is 1.67 bits per heavy atom. The number of nitrogens with zero attached hydrogens (tertiary/aromatic N) is 1. The third-order valence-electron chi connectivity index (χ3n) is 4.26. The highest BCUT2D eigenvalue weighted by Crippen LogP contribution is 2.22. The van der Waals surface area contributed by atoms with E-state index < -0.39 is 0 Å². The molecular formula is C13H26N2. The molecule has 0 aromatic heterocycles.